The highest BCUT2D eigenvalue weighted by Crippen LogP contribution is 2.67. The van der Waals surface area contributed by atoms with Crippen molar-refractivity contribution >= 4 is 29.5 Å². The third-order valence-electron chi connectivity index (χ3n) is 17.1. The summed E-state index contributed by atoms with van der Waals surface area (Å²) in [4.78, 5) is 41.4. The fraction of sp³-hybridized carbons (Fsp3) is 0.453. The van der Waals surface area contributed by atoms with Crippen LogP contribution < -0.4 is 20.7 Å². The van der Waals surface area contributed by atoms with E-state index in [1.807, 2.05) is 30.5 Å². The van der Waals surface area contributed by atoms with Gasteiger partial charge in [0, 0.05) is 72.0 Å². The lowest BCUT2D eigenvalue weighted by atomic mass is 9.54. The molecule has 7 aliphatic rings. The molecule has 1 spiro atoms. The van der Waals surface area contributed by atoms with Crippen LogP contribution in [0.15, 0.2) is 85.3 Å². The summed E-state index contributed by atoms with van der Waals surface area (Å²) in [7, 11) is 0. The van der Waals surface area contributed by atoms with Crippen molar-refractivity contribution < 1.29 is 65.0 Å². The highest BCUT2D eigenvalue weighted by atomic mass is 16.8. The maximum atomic E-state index is 15.1. The average Bonchev–Trinajstić information content (AvgIpc) is 4.18. The standard InChI is InChI=1S/C53H60N6O13/c54-41-13-10-28-17-26-9-11-35(52(28,41)34-5-2-1-4-29(26)34)44-32-19-38(63)39(71-53(70)50(67)49(66)48(65)40(23-61)72-53)20-36(32)59(47(44)51(68)69)43(64)14-8-25-7-12-37(62)30(16-25)31-18-27(22-60)33(46-45(31)57-24-58-46)21-56-42-6-3-15-55-42/h1-8,12,14-16,19-20,24,26-28,31,33,35,40-41,44,47-50,55-56,60-63,65-67,70H,9-11,13,17-18,21-23,54H2,(H,57,58)(H,68,69)/b14-8+/t26-,27+,28-,31+,33+,35+,40+,41+,44+,47+,48+,49-,50+,52-,53-/m0/s1. The number of aromatic nitrogens is 3. The van der Waals surface area contributed by atoms with Crippen molar-refractivity contribution in [3.63, 3.8) is 0 Å². The van der Waals surface area contributed by atoms with Crippen molar-refractivity contribution in [3.05, 3.63) is 125 Å². The Morgan fingerprint density at radius 3 is 2.50 bits per heavy atom. The summed E-state index contributed by atoms with van der Waals surface area (Å²) in [6, 6.07) is 17.5. The fourth-order valence-electron chi connectivity index (χ4n) is 14.0. The maximum absolute atomic E-state index is 15.1. The molecule has 12 rings (SSSR count). The smallest absolute Gasteiger partial charge is 0.355 e. The number of hydrogen-bond donors (Lipinski definition) is 13. The van der Waals surface area contributed by atoms with E-state index >= 15 is 4.79 Å². The number of ether oxygens (including phenoxy) is 2. The average molecular weight is 989 g/mol. The number of carbonyl (C=O) groups excluding carboxylic acids is 1. The van der Waals surface area contributed by atoms with Crippen molar-refractivity contribution in [2.24, 2.45) is 23.5 Å². The minimum Gasteiger partial charge on any atom is -0.508 e. The molecule has 15 atom stereocenters. The van der Waals surface area contributed by atoms with E-state index in [0.717, 1.165) is 46.9 Å². The zero-order valence-corrected chi connectivity index (χ0v) is 39.2. The second-order valence-electron chi connectivity index (χ2n) is 20.6. The zero-order chi connectivity index (χ0) is 50.4. The van der Waals surface area contributed by atoms with Crippen LogP contribution in [0, 0.1) is 17.8 Å². The molecule has 0 radical (unpaired) electrons. The van der Waals surface area contributed by atoms with E-state index in [0.29, 0.717) is 42.5 Å². The number of nitrogens with two attached hydrogens (primary N) is 1. The molecule has 5 aliphatic carbocycles. The number of aromatic amines is 2. The predicted octanol–water partition coefficient (Wildman–Crippen LogP) is 3.16. The molecular formula is C53H60N6O13. The molecule has 5 aromatic rings. The SMILES string of the molecule is N[C@@H]1CC[C@H]2C[C@@H]3CC[C@H]([C@H]4c5cc(O)c(O[C@]6(O)O[C@H](CO)[C@@H](O)[C@H](O)[C@H]6O)cc5N(C(=O)/C=C/c5ccc(O)c([C@H]6C[C@H](CO)[C@@H](CNc7ccc[nH]7)c7nc[nH]c76)c5)[C@H]4C(=O)O)[C@@]21c1ccccc13. The van der Waals surface area contributed by atoms with Crippen molar-refractivity contribution in [1.29, 1.82) is 0 Å². The summed E-state index contributed by atoms with van der Waals surface area (Å²) in [6.45, 7) is -0.538. The summed E-state index contributed by atoms with van der Waals surface area (Å²) in [5, 5.41) is 102. The fourth-order valence-corrected chi connectivity index (χ4v) is 14.0. The van der Waals surface area contributed by atoms with Gasteiger partial charge in [-0.1, -0.05) is 30.3 Å². The minimum absolute atomic E-state index is 0.0127. The number of carbonyl (C=O) groups is 2. The van der Waals surface area contributed by atoms with Crippen LogP contribution in [0.1, 0.15) is 101 Å². The third-order valence-corrected chi connectivity index (χ3v) is 17.1. The molecule has 14 N–H and O–H groups in total. The van der Waals surface area contributed by atoms with Crippen LogP contribution >= 0.6 is 0 Å². The number of imidazole rings is 1. The molecule has 4 heterocycles. The van der Waals surface area contributed by atoms with Gasteiger partial charge in [0.1, 0.15) is 35.9 Å². The van der Waals surface area contributed by atoms with Gasteiger partial charge < -0.3 is 76.5 Å². The van der Waals surface area contributed by atoms with E-state index in [4.69, 9.17) is 15.2 Å². The van der Waals surface area contributed by atoms with Gasteiger partial charge in [0.25, 0.3) is 5.91 Å². The Morgan fingerprint density at radius 2 is 1.74 bits per heavy atom. The molecule has 2 aliphatic heterocycles. The van der Waals surface area contributed by atoms with Gasteiger partial charge in [0.15, 0.2) is 17.6 Å². The van der Waals surface area contributed by atoms with E-state index < -0.39 is 89.6 Å². The zero-order valence-electron chi connectivity index (χ0n) is 39.2. The Kier molecular flexibility index (Phi) is 12.2. The van der Waals surface area contributed by atoms with Crippen LogP contribution in [0.4, 0.5) is 11.5 Å². The lowest BCUT2D eigenvalue weighted by Crippen LogP contribution is -2.67. The number of aliphatic carboxylic acids is 1. The van der Waals surface area contributed by atoms with E-state index in [2.05, 4.69) is 32.4 Å². The van der Waals surface area contributed by atoms with Gasteiger partial charge in [-0.05, 0) is 121 Å². The van der Waals surface area contributed by atoms with Gasteiger partial charge in [-0.25, -0.2) is 9.78 Å². The van der Waals surface area contributed by atoms with E-state index in [1.165, 1.54) is 35.9 Å². The molecule has 3 fully saturated rings. The maximum Gasteiger partial charge on any atom is 0.355 e. The molecule has 1 saturated heterocycles. The Bertz CT molecular complexity index is 2890. The summed E-state index contributed by atoms with van der Waals surface area (Å²) >= 11 is 0. The summed E-state index contributed by atoms with van der Waals surface area (Å²) in [5.74, 6) is -7.45. The molecule has 0 unspecified atom stereocenters. The number of aliphatic hydroxyl groups excluding tert-OH is 5. The Hall–Kier alpha value is -6.29. The molecule has 2 bridgehead atoms. The third kappa shape index (κ3) is 7.51. The number of phenols is 2. The van der Waals surface area contributed by atoms with Crippen LogP contribution in [-0.4, -0.2) is 135 Å². The number of aliphatic hydroxyl groups is 6. The van der Waals surface area contributed by atoms with Crippen LogP contribution in [0.2, 0.25) is 0 Å². The molecule has 3 aromatic carbocycles. The van der Waals surface area contributed by atoms with E-state index in [9.17, 15) is 50.8 Å². The number of phenolic OH excluding ortho intramolecular Hbond substituents is 2. The highest BCUT2D eigenvalue weighted by Gasteiger charge is 2.65. The van der Waals surface area contributed by atoms with E-state index in [-0.39, 0.29) is 47.8 Å². The number of benzene rings is 3. The number of anilines is 2. The second kappa shape index (κ2) is 18.3. The first-order chi connectivity index (χ1) is 34.7. The number of aromatic hydroxyl groups is 2. The van der Waals surface area contributed by atoms with Crippen molar-refractivity contribution in [3.8, 4) is 17.2 Å². The number of rotatable bonds is 12. The molecule has 380 valence electrons. The summed E-state index contributed by atoms with van der Waals surface area (Å²) < 4.78 is 11.1. The van der Waals surface area contributed by atoms with Crippen LogP contribution in [0.5, 0.6) is 17.2 Å². The number of carboxylic acid groups (broad SMARTS) is 1. The van der Waals surface area contributed by atoms with Crippen LogP contribution in [0.25, 0.3) is 6.08 Å². The Balaban J connectivity index is 0.979. The molecular weight excluding hydrogens is 929 g/mol. The van der Waals surface area contributed by atoms with Gasteiger partial charge in [-0.3, -0.25) is 9.69 Å². The minimum atomic E-state index is -3.15. The first-order valence-electron chi connectivity index (χ1n) is 24.7. The summed E-state index contributed by atoms with van der Waals surface area (Å²) in [6.07, 6.45) is 2.49. The number of hydrogen-bond acceptors (Lipinski definition) is 15. The second-order valence-corrected chi connectivity index (χ2v) is 20.6. The lowest BCUT2D eigenvalue weighted by Gasteiger charge is -2.51. The monoisotopic (exact) mass is 988 g/mol. The quantitative estimate of drug-likeness (QED) is 0.0631. The van der Waals surface area contributed by atoms with Crippen molar-refractivity contribution in [2.45, 2.75) is 110 Å². The predicted molar refractivity (Wildman–Crippen MR) is 259 cm³/mol. The lowest BCUT2D eigenvalue weighted by molar-refractivity contribution is -0.422. The number of H-pyrrole nitrogens is 2. The molecule has 19 nitrogen and oxygen atoms in total. The van der Waals surface area contributed by atoms with Gasteiger partial charge >= 0.3 is 11.9 Å². The van der Waals surface area contributed by atoms with E-state index in [1.54, 1.807) is 18.5 Å². The van der Waals surface area contributed by atoms with Crippen molar-refractivity contribution in [2.75, 3.05) is 30.0 Å². The largest absolute Gasteiger partial charge is 0.508 e. The first-order valence-corrected chi connectivity index (χ1v) is 24.7. The molecule has 2 saturated carbocycles. The van der Waals surface area contributed by atoms with Crippen LogP contribution in [-0.2, 0) is 19.7 Å². The number of carboxylic acids is 1. The topological polar surface area (TPSA) is 320 Å². The van der Waals surface area contributed by atoms with Gasteiger partial charge in [-0.2, -0.15) is 0 Å². The Labute approximate surface area is 413 Å². The number of amides is 1. The van der Waals surface area contributed by atoms with Gasteiger partial charge in [-0.15, -0.1) is 0 Å². The first kappa shape index (κ1) is 48.0. The van der Waals surface area contributed by atoms with Gasteiger partial charge in [0.05, 0.1) is 24.3 Å². The number of nitrogens with one attached hydrogen (secondary N) is 3. The summed E-state index contributed by atoms with van der Waals surface area (Å²) in [5.41, 5.74) is 11.7. The van der Waals surface area contributed by atoms with Crippen LogP contribution in [0.3, 0.4) is 0 Å². The normalized spacial score (nSPS) is 34.5. The number of nitrogens with zero attached hydrogens (tertiary/aromatic N) is 2. The van der Waals surface area contributed by atoms with Crippen molar-refractivity contribution in [1.82, 2.24) is 15.0 Å². The number of fused-ring (bicyclic) bond motifs is 4. The highest BCUT2D eigenvalue weighted by molar-refractivity contribution is 6.10. The molecule has 19 heteroatoms. The molecule has 2 aromatic heterocycles. The Morgan fingerprint density at radius 1 is 0.917 bits per heavy atom. The van der Waals surface area contributed by atoms with Gasteiger partial charge in [0.2, 0.25) is 0 Å². The molecule has 1 amide bonds. The molecule has 72 heavy (non-hydrogen) atoms.